The molecule has 1 amide bonds. The highest BCUT2D eigenvalue weighted by Crippen LogP contribution is 2.31. The van der Waals surface area contributed by atoms with Crippen molar-refractivity contribution in [2.75, 3.05) is 11.4 Å². The zero-order valence-electron chi connectivity index (χ0n) is 13.9. The molecule has 3 heterocycles. The Morgan fingerprint density at radius 1 is 1.24 bits per heavy atom. The van der Waals surface area contributed by atoms with Crippen LogP contribution in [0.1, 0.15) is 30.7 Å². The summed E-state index contributed by atoms with van der Waals surface area (Å²) in [5, 5.41) is 4.07. The van der Waals surface area contributed by atoms with E-state index < -0.39 is 0 Å². The minimum Gasteiger partial charge on any atom is -0.332 e. The van der Waals surface area contributed by atoms with E-state index in [-0.39, 0.29) is 11.8 Å². The maximum Gasteiger partial charge on any atom is 0.276 e. The standard InChI is InChI=1S/C19H18N4O2/c1-2-13-6-5-7-15(10-13)23-12-14(11-17(23)24)18-21-19(25-22-18)16-8-3-4-9-20-16/h3-10,14H,2,11-12H2,1H3. The van der Waals surface area contributed by atoms with Crippen LogP contribution in [0.4, 0.5) is 5.69 Å². The van der Waals surface area contributed by atoms with Crippen LogP contribution >= 0.6 is 0 Å². The molecule has 2 aromatic heterocycles. The molecule has 0 saturated carbocycles. The monoisotopic (exact) mass is 334 g/mol. The Kier molecular flexibility index (Phi) is 4.01. The lowest BCUT2D eigenvalue weighted by Gasteiger charge is -2.17. The molecule has 6 heteroatoms. The lowest BCUT2D eigenvalue weighted by atomic mass is 10.1. The Morgan fingerprint density at radius 3 is 2.96 bits per heavy atom. The van der Waals surface area contributed by atoms with Gasteiger partial charge in [-0.05, 0) is 36.2 Å². The fourth-order valence-electron chi connectivity index (χ4n) is 3.07. The maximum absolute atomic E-state index is 12.5. The fourth-order valence-corrected chi connectivity index (χ4v) is 3.07. The number of nitrogens with zero attached hydrogens (tertiary/aromatic N) is 4. The molecule has 4 rings (SSSR count). The molecule has 0 bridgehead atoms. The van der Waals surface area contributed by atoms with Gasteiger partial charge in [0.15, 0.2) is 5.82 Å². The Labute approximate surface area is 145 Å². The van der Waals surface area contributed by atoms with E-state index in [2.05, 4.69) is 34.2 Å². The summed E-state index contributed by atoms with van der Waals surface area (Å²) in [5.74, 6) is 0.957. The average Bonchev–Trinajstić information content (AvgIpc) is 3.29. The summed E-state index contributed by atoms with van der Waals surface area (Å²) in [5.41, 5.74) is 2.78. The summed E-state index contributed by atoms with van der Waals surface area (Å²) >= 11 is 0. The molecule has 1 unspecified atom stereocenters. The number of benzene rings is 1. The molecule has 1 saturated heterocycles. The van der Waals surface area contributed by atoms with Crippen LogP contribution in [0.2, 0.25) is 0 Å². The molecular formula is C19H18N4O2. The lowest BCUT2D eigenvalue weighted by Crippen LogP contribution is -2.24. The largest absolute Gasteiger partial charge is 0.332 e. The quantitative estimate of drug-likeness (QED) is 0.732. The van der Waals surface area contributed by atoms with Crippen molar-refractivity contribution in [3.05, 3.63) is 60.0 Å². The second kappa shape index (κ2) is 6.47. The third kappa shape index (κ3) is 3.03. The summed E-state index contributed by atoms with van der Waals surface area (Å²) in [6, 6.07) is 13.6. The van der Waals surface area contributed by atoms with Gasteiger partial charge in [0.05, 0.1) is 0 Å². The first-order valence-electron chi connectivity index (χ1n) is 8.39. The molecule has 1 aliphatic rings. The topological polar surface area (TPSA) is 72.1 Å². The number of rotatable bonds is 4. The van der Waals surface area contributed by atoms with Gasteiger partial charge in [-0.25, -0.2) is 0 Å². The number of carbonyl (C=O) groups is 1. The van der Waals surface area contributed by atoms with Gasteiger partial charge in [0.2, 0.25) is 5.91 Å². The number of hydrogen-bond donors (Lipinski definition) is 0. The fraction of sp³-hybridized carbons (Fsp3) is 0.263. The summed E-state index contributed by atoms with van der Waals surface area (Å²) in [6.07, 6.45) is 3.01. The summed E-state index contributed by atoms with van der Waals surface area (Å²) in [7, 11) is 0. The molecule has 0 spiro atoms. The Hall–Kier alpha value is -3.02. The molecular weight excluding hydrogens is 316 g/mol. The van der Waals surface area contributed by atoms with Gasteiger partial charge in [-0.2, -0.15) is 4.98 Å². The molecule has 1 atom stereocenters. The van der Waals surface area contributed by atoms with Crippen molar-refractivity contribution in [3.63, 3.8) is 0 Å². The van der Waals surface area contributed by atoms with Crippen molar-refractivity contribution in [1.29, 1.82) is 0 Å². The molecule has 1 aliphatic heterocycles. The first-order valence-corrected chi connectivity index (χ1v) is 8.39. The molecule has 0 radical (unpaired) electrons. The van der Waals surface area contributed by atoms with Crippen LogP contribution in [0.15, 0.2) is 53.2 Å². The highest BCUT2D eigenvalue weighted by atomic mass is 16.5. The Bertz CT molecular complexity index is 891. The maximum atomic E-state index is 12.5. The van der Waals surface area contributed by atoms with Crippen LogP contribution in [0.25, 0.3) is 11.6 Å². The van der Waals surface area contributed by atoms with E-state index in [0.29, 0.717) is 30.4 Å². The summed E-state index contributed by atoms with van der Waals surface area (Å²) in [4.78, 5) is 22.9. The average molecular weight is 334 g/mol. The van der Waals surface area contributed by atoms with Crippen LogP contribution in [-0.4, -0.2) is 27.6 Å². The Balaban J connectivity index is 1.55. The number of aryl methyl sites for hydroxylation is 1. The Morgan fingerprint density at radius 2 is 2.16 bits per heavy atom. The predicted molar refractivity (Wildman–Crippen MR) is 93.1 cm³/mol. The van der Waals surface area contributed by atoms with Crippen LogP contribution in [0.3, 0.4) is 0 Å². The zero-order valence-corrected chi connectivity index (χ0v) is 13.9. The van der Waals surface area contributed by atoms with Gasteiger partial charge in [0.1, 0.15) is 5.69 Å². The van der Waals surface area contributed by atoms with Gasteiger partial charge in [0, 0.05) is 30.8 Å². The summed E-state index contributed by atoms with van der Waals surface area (Å²) in [6.45, 7) is 2.67. The zero-order chi connectivity index (χ0) is 17.2. The smallest absolute Gasteiger partial charge is 0.276 e. The van der Waals surface area contributed by atoms with E-state index in [1.54, 1.807) is 11.1 Å². The second-order valence-corrected chi connectivity index (χ2v) is 6.10. The van der Waals surface area contributed by atoms with E-state index in [4.69, 9.17) is 4.52 Å². The second-order valence-electron chi connectivity index (χ2n) is 6.10. The number of amides is 1. The SMILES string of the molecule is CCc1cccc(N2CC(c3noc(-c4ccccn4)n3)CC2=O)c1. The van der Waals surface area contributed by atoms with Gasteiger partial charge in [-0.15, -0.1) is 0 Å². The summed E-state index contributed by atoms with van der Waals surface area (Å²) < 4.78 is 5.32. The lowest BCUT2D eigenvalue weighted by molar-refractivity contribution is -0.117. The number of aromatic nitrogens is 3. The van der Waals surface area contributed by atoms with Crippen molar-refractivity contribution in [2.24, 2.45) is 0 Å². The number of hydrogen-bond acceptors (Lipinski definition) is 5. The van der Waals surface area contributed by atoms with Gasteiger partial charge in [0.25, 0.3) is 5.89 Å². The van der Waals surface area contributed by atoms with E-state index in [1.807, 2.05) is 30.3 Å². The third-order valence-electron chi connectivity index (χ3n) is 4.45. The van der Waals surface area contributed by atoms with Gasteiger partial charge >= 0.3 is 0 Å². The molecule has 1 aromatic carbocycles. The van der Waals surface area contributed by atoms with E-state index in [0.717, 1.165) is 12.1 Å². The van der Waals surface area contributed by atoms with E-state index in [1.165, 1.54) is 5.56 Å². The van der Waals surface area contributed by atoms with Crippen molar-refractivity contribution in [2.45, 2.75) is 25.7 Å². The van der Waals surface area contributed by atoms with Gasteiger partial charge in [-0.1, -0.05) is 30.3 Å². The predicted octanol–water partition coefficient (Wildman–Crippen LogP) is 3.21. The molecule has 0 aliphatic carbocycles. The first-order chi connectivity index (χ1) is 12.2. The molecule has 3 aromatic rings. The minimum atomic E-state index is -0.0704. The highest BCUT2D eigenvalue weighted by Gasteiger charge is 2.34. The van der Waals surface area contributed by atoms with Crippen LogP contribution in [-0.2, 0) is 11.2 Å². The normalized spacial score (nSPS) is 17.2. The molecule has 126 valence electrons. The number of anilines is 1. The van der Waals surface area contributed by atoms with Crippen LogP contribution in [0, 0.1) is 0 Å². The van der Waals surface area contributed by atoms with Gasteiger partial charge < -0.3 is 9.42 Å². The number of pyridine rings is 1. The number of carbonyl (C=O) groups excluding carboxylic acids is 1. The first kappa shape index (κ1) is 15.5. The van der Waals surface area contributed by atoms with E-state index >= 15 is 0 Å². The van der Waals surface area contributed by atoms with Crippen molar-refractivity contribution in [1.82, 2.24) is 15.1 Å². The van der Waals surface area contributed by atoms with Gasteiger partial charge in [-0.3, -0.25) is 9.78 Å². The van der Waals surface area contributed by atoms with Crippen molar-refractivity contribution >= 4 is 11.6 Å². The minimum absolute atomic E-state index is 0.0704. The molecule has 1 fully saturated rings. The van der Waals surface area contributed by atoms with Crippen molar-refractivity contribution in [3.8, 4) is 11.6 Å². The molecule has 25 heavy (non-hydrogen) atoms. The highest BCUT2D eigenvalue weighted by molar-refractivity contribution is 5.96. The van der Waals surface area contributed by atoms with E-state index in [9.17, 15) is 4.79 Å². The van der Waals surface area contributed by atoms with Crippen molar-refractivity contribution < 1.29 is 9.32 Å². The van der Waals surface area contributed by atoms with Crippen LogP contribution < -0.4 is 4.90 Å². The van der Waals surface area contributed by atoms with Crippen LogP contribution in [0.5, 0.6) is 0 Å². The molecule has 6 nitrogen and oxygen atoms in total. The molecule has 0 N–H and O–H groups in total. The third-order valence-corrected chi connectivity index (χ3v) is 4.45.